The normalized spacial score (nSPS) is 11.3. The van der Waals surface area contributed by atoms with Crippen LogP contribution in [0.4, 0.5) is 28.7 Å². The lowest BCUT2D eigenvalue weighted by Crippen LogP contribution is -2.30. The number of carboxylic acid groups (broad SMARTS) is 1. The Kier molecular flexibility index (Phi) is 6.91. The molecule has 10 nitrogen and oxygen atoms in total. The number of rotatable bonds is 9. The molecule has 32 heavy (non-hydrogen) atoms. The van der Waals surface area contributed by atoms with E-state index in [9.17, 15) is 13.2 Å². The zero-order valence-electron chi connectivity index (χ0n) is 17.6. The third-order valence-electron chi connectivity index (χ3n) is 4.74. The lowest BCUT2D eigenvalue weighted by atomic mass is 10.2. The highest BCUT2D eigenvalue weighted by molar-refractivity contribution is 7.89. The minimum atomic E-state index is -3.54. The predicted molar refractivity (Wildman–Crippen MR) is 123 cm³/mol. The number of carbonyl (C=O) groups is 1. The molecule has 3 rings (SSSR count). The fraction of sp³-hybridized carbons (Fsp3) is 0.190. The van der Waals surface area contributed by atoms with Gasteiger partial charge >= 0.3 is 5.97 Å². The third-order valence-corrected chi connectivity index (χ3v) is 6.80. The Hall–Kier alpha value is -3.70. The number of anilines is 5. The molecule has 0 fully saturated rings. The Morgan fingerprint density at radius 2 is 1.41 bits per heavy atom. The zero-order valence-corrected chi connectivity index (χ0v) is 18.4. The molecule has 0 radical (unpaired) electrons. The summed E-state index contributed by atoms with van der Waals surface area (Å²) in [4.78, 5) is 19.5. The Morgan fingerprint density at radius 3 is 1.84 bits per heavy atom. The lowest BCUT2D eigenvalue weighted by molar-refractivity contribution is 0.0697. The topological polar surface area (TPSA) is 151 Å². The summed E-state index contributed by atoms with van der Waals surface area (Å²) in [6.45, 7) is 4.37. The van der Waals surface area contributed by atoms with Crippen molar-refractivity contribution in [2.45, 2.75) is 18.7 Å². The SMILES string of the molecule is CCN(CC)S(=O)(=O)c1ccc(Nc2ncnc(Nc3ccc(C(=O)O)cc3)c2N)cc1. The first-order chi connectivity index (χ1) is 15.3. The summed E-state index contributed by atoms with van der Waals surface area (Å²) >= 11 is 0. The summed E-state index contributed by atoms with van der Waals surface area (Å²) < 4.78 is 26.6. The minimum Gasteiger partial charge on any atom is -0.478 e. The van der Waals surface area contributed by atoms with E-state index in [4.69, 9.17) is 10.8 Å². The Bertz CT molecular complexity index is 1190. The molecule has 0 bridgehead atoms. The van der Waals surface area contributed by atoms with Gasteiger partial charge in [-0.2, -0.15) is 4.31 Å². The van der Waals surface area contributed by atoms with Crippen LogP contribution in [0.3, 0.4) is 0 Å². The molecule has 0 unspecified atom stereocenters. The van der Waals surface area contributed by atoms with Crippen molar-refractivity contribution in [3.63, 3.8) is 0 Å². The van der Waals surface area contributed by atoms with Crippen LogP contribution in [-0.2, 0) is 10.0 Å². The maximum Gasteiger partial charge on any atom is 0.335 e. The van der Waals surface area contributed by atoms with Crippen LogP contribution in [0.1, 0.15) is 24.2 Å². The van der Waals surface area contributed by atoms with Crippen molar-refractivity contribution in [1.29, 1.82) is 0 Å². The number of benzene rings is 2. The molecule has 0 amide bonds. The predicted octanol–water partition coefficient (Wildman–Crippen LogP) is 3.27. The van der Waals surface area contributed by atoms with Gasteiger partial charge in [0, 0.05) is 24.5 Å². The number of nitrogen functional groups attached to an aromatic ring is 1. The van der Waals surface area contributed by atoms with Gasteiger partial charge in [-0.1, -0.05) is 13.8 Å². The van der Waals surface area contributed by atoms with Gasteiger partial charge in [0.1, 0.15) is 12.0 Å². The summed E-state index contributed by atoms with van der Waals surface area (Å²) in [5.41, 5.74) is 7.81. The molecule has 0 aliphatic carbocycles. The van der Waals surface area contributed by atoms with Crippen molar-refractivity contribution >= 4 is 44.7 Å². The summed E-state index contributed by atoms with van der Waals surface area (Å²) in [6.07, 6.45) is 1.33. The van der Waals surface area contributed by atoms with Crippen LogP contribution in [0.5, 0.6) is 0 Å². The molecule has 0 aliphatic rings. The second-order valence-electron chi connectivity index (χ2n) is 6.73. The van der Waals surface area contributed by atoms with E-state index in [1.54, 1.807) is 38.1 Å². The van der Waals surface area contributed by atoms with E-state index in [1.165, 1.54) is 34.9 Å². The monoisotopic (exact) mass is 456 g/mol. The van der Waals surface area contributed by atoms with Crippen LogP contribution in [-0.4, -0.2) is 46.9 Å². The third kappa shape index (κ3) is 4.95. The fourth-order valence-corrected chi connectivity index (χ4v) is 4.45. The van der Waals surface area contributed by atoms with E-state index in [0.717, 1.165) is 0 Å². The van der Waals surface area contributed by atoms with Gasteiger partial charge in [-0.3, -0.25) is 0 Å². The molecule has 168 valence electrons. The van der Waals surface area contributed by atoms with Gasteiger partial charge in [-0.15, -0.1) is 0 Å². The van der Waals surface area contributed by atoms with Crippen LogP contribution in [0, 0.1) is 0 Å². The van der Waals surface area contributed by atoms with Crippen molar-refractivity contribution in [3.05, 3.63) is 60.4 Å². The van der Waals surface area contributed by atoms with Crippen LogP contribution in [0.25, 0.3) is 0 Å². The fourth-order valence-electron chi connectivity index (χ4n) is 2.99. The molecule has 1 heterocycles. The summed E-state index contributed by atoms with van der Waals surface area (Å²) in [6, 6.07) is 12.5. The molecule has 3 aromatic rings. The maximum absolute atomic E-state index is 12.6. The first-order valence-corrected chi connectivity index (χ1v) is 11.3. The molecule has 0 aliphatic heterocycles. The smallest absolute Gasteiger partial charge is 0.335 e. The zero-order chi connectivity index (χ0) is 23.3. The van der Waals surface area contributed by atoms with E-state index in [-0.39, 0.29) is 16.1 Å². The highest BCUT2D eigenvalue weighted by Crippen LogP contribution is 2.29. The Morgan fingerprint density at radius 1 is 0.938 bits per heavy atom. The molecular formula is C21H24N6O4S. The van der Waals surface area contributed by atoms with Crippen molar-refractivity contribution in [3.8, 4) is 0 Å². The van der Waals surface area contributed by atoms with Crippen LogP contribution < -0.4 is 16.4 Å². The minimum absolute atomic E-state index is 0.167. The van der Waals surface area contributed by atoms with Gasteiger partial charge < -0.3 is 21.5 Å². The first-order valence-electron chi connectivity index (χ1n) is 9.84. The second kappa shape index (κ2) is 9.62. The Labute approximate surface area is 186 Å². The van der Waals surface area contributed by atoms with Crippen molar-refractivity contribution in [2.75, 3.05) is 29.5 Å². The van der Waals surface area contributed by atoms with Gasteiger partial charge in [-0.05, 0) is 48.5 Å². The van der Waals surface area contributed by atoms with Gasteiger partial charge in [-0.25, -0.2) is 23.2 Å². The number of nitrogens with one attached hydrogen (secondary N) is 2. The summed E-state index contributed by atoms with van der Waals surface area (Å²) in [7, 11) is -3.54. The molecule has 11 heteroatoms. The standard InChI is InChI=1S/C21H24N6O4S/c1-3-27(4-2)32(30,31)17-11-9-16(10-12-17)26-20-18(22)19(23-13-24-20)25-15-7-5-14(6-8-15)21(28)29/h5-13H,3-4,22H2,1-2H3,(H,28,29)(H2,23,24,25,26). The van der Waals surface area contributed by atoms with Gasteiger partial charge in [0.05, 0.1) is 10.5 Å². The number of nitrogens with two attached hydrogens (primary N) is 1. The molecule has 0 atom stereocenters. The molecule has 0 spiro atoms. The first kappa shape index (κ1) is 23.0. The van der Waals surface area contributed by atoms with E-state index in [1.807, 2.05) is 0 Å². The second-order valence-corrected chi connectivity index (χ2v) is 8.67. The van der Waals surface area contributed by atoms with E-state index in [2.05, 4.69) is 20.6 Å². The number of hydrogen-bond acceptors (Lipinski definition) is 8. The van der Waals surface area contributed by atoms with Gasteiger partial charge in [0.2, 0.25) is 10.0 Å². The number of carboxylic acids is 1. The average Bonchev–Trinajstić information content (AvgIpc) is 2.78. The van der Waals surface area contributed by atoms with Crippen LogP contribution in [0.2, 0.25) is 0 Å². The van der Waals surface area contributed by atoms with Crippen LogP contribution in [0.15, 0.2) is 59.8 Å². The summed E-state index contributed by atoms with van der Waals surface area (Å²) in [5.74, 6) is -0.337. The van der Waals surface area contributed by atoms with Crippen molar-refractivity contribution in [2.24, 2.45) is 0 Å². The van der Waals surface area contributed by atoms with E-state index >= 15 is 0 Å². The number of aromatic nitrogens is 2. The molecular weight excluding hydrogens is 432 g/mol. The molecule has 0 saturated heterocycles. The van der Waals surface area contributed by atoms with Crippen LogP contribution >= 0.6 is 0 Å². The van der Waals surface area contributed by atoms with E-state index < -0.39 is 16.0 Å². The number of hydrogen-bond donors (Lipinski definition) is 4. The quantitative estimate of drug-likeness (QED) is 0.380. The van der Waals surface area contributed by atoms with Crippen molar-refractivity contribution in [1.82, 2.24) is 14.3 Å². The summed E-state index contributed by atoms with van der Waals surface area (Å²) in [5, 5.41) is 15.1. The number of nitrogens with zero attached hydrogens (tertiary/aromatic N) is 3. The molecule has 5 N–H and O–H groups in total. The average molecular weight is 457 g/mol. The highest BCUT2D eigenvalue weighted by atomic mass is 32.2. The lowest BCUT2D eigenvalue weighted by Gasteiger charge is -2.18. The Balaban J connectivity index is 1.78. The molecule has 1 aromatic heterocycles. The van der Waals surface area contributed by atoms with Gasteiger partial charge in [0.25, 0.3) is 0 Å². The number of sulfonamides is 1. The van der Waals surface area contributed by atoms with Gasteiger partial charge in [0.15, 0.2) is 11.6 Å². The number of aromatic carboxylic acids is 1. The highest BCUT2D eigenvalue weighted by Gasteiger charge is 2.21. The largest absolute Gasteiger partial charge is 0.478 e. The molecule has 0 saturated carbocycles. The maximum atomic E-state index is 12.6. The van der Waals surface area contributed by atoms with Crippen molar-refractivity contribution < 1.29 is 18.3 Å². The van der Waals surface area contributed by atoms with E-state index in [0.29, 0.717) is 36.1 Å². The molecule has 2 aromatic carbocycles.